The van der Waals surface area contributed by atoms with Gasteiger partial charge in [0, 0.05) is 18.7 Å². The zero-order valence-corrected chi connectivity index (χ0v) is 19.4. The maximum atomic E-state index is 14.2. The number of rotatable bonds is 13. The Morgan fingerprint density at radius 1 is 1.19 bits per heavy atom. The molecule has 178 valence electrons. The molecule has 1 unspecified atom stereocenters. The van der Waals surface area contributed by atoms with Crippen LogP contribution in [-0.2, 0) is 14.8 Å². The molecule has 1 aliphatic carbocycles. The fourth-order valence-corrected chi connectivity index (χ4v) is 5.12. The number of unbranched alkanes of at least 4 members (excludes halogenated alkanes) is 2. The Morgan fingerprint density at radius 2 is 1.94 bits per heavy atom. The predicted octanol–water partition coefficient (Wildman–Crippen LogP) is 2.95. The van der Waals surface area contributed by atoms with Crippen LogP contribution in [-0.4, -0.2) is 50.7 Å². The quantitative estimate of drug-likeness (QED) is 0.341. The molecular weight excluding hydrogens is 437 g/mol. The van der Waals surface area contributed by atoms with Crippen molar-refractivity contribution >= 4 is 22.0 Å². The topological polar surface area (TPSA) is 105 Å². The average Bonchev–Trinajstić information content (AvgIpc) is 3.47. The molecule has 2 fully saturated rings. The maximum Gasteiger partial charge on any atom is 0.324 e. The first kappa shape index (κ1) is 24.4. The molecular formula is C22H32FN3O5S. The lowest BCUT2D eigenvalue weighted by atomic mass is 9.97. The van der Waals surface area contributed by atoms with E-state index in [2.05, 4.69) is 10.0 Å². The number of sulfonamides is 1. The van der Waals surface area contributed by atoms with E-state index < -0.39 is 27.9 Å². The van der Waals surface area contributed by atoms with Crippen molar-refractivity contribution in [1.82, 2.24) is 14.9 Å². The second-order valence-corrected chi connectivity index (χ2v) is 10.8. The molecule has 1 aromatic rings. The third kappa shape index (κ3) is 7.44. The van der Waals surface area contributed by atoms with Gasteiger partial charge in [-0.15, -0.1) is 0 Å². The molecule has 1 aliphatic heterocycles. The smallest absolute Gasteiger partial charge is 0.324 e. The summed E-state index contributed by atoms with van der Waals surface area (Å²) in [5.74, 6) is 0.0149. The normalized spacial score (nSPS) is 17.7. The molecule has 32 heavy (non-hydrogen) atoms. The maximum absolute atomic E-state index is 14.2. The molecule has 0 bridgehead atoms. The molecule has 1 saturated heterocycles. The number of ether oxygens (including phenoxy) is 1. The Bertz CT molecular complexity index is 933. The number of amides is 3. The van der Waals surface area contributed by atoms with Crippen LogP contribution in [0.5, 0.6) is 5.75 Å². The summed E-state index contributed by atoms with van der Waals surface area (Å²) in [5.41, 5.74) is 0.541. The van der Waals surface area contributed by atoms with Crippen molar-refractivity contribution in [2.45, 2.75) is 52.0 Å². The van der Waals surface area contributed by atoms with Gasteiger partial charge in [-0.3, -0.25) is 10.1 Å². The zero-order chi connectivity index (χ0) is 23.3. The van der Waals surface area contributed by atoms with Crippen LogP contribution in [0.15, 0.2) is 18.2 Å². The van der Waals surface area contributed by atoms with E-state index in [1.807, 2.05) is 13.8 Å². The summed E-state index contributed by atoms with van der Waals surface area (Å²) in [6.07, 6.45) is 3.88. The van der Waals surface area contributed by atoms with Crippen LogP contribution in [0.1, 0.15) is 57.6 Å². The third-order valence-corrected chi connectivity index (χ3v) is 7.06. The van der Waals surface area contributed by atoms with Gasteiger partial charge in [0.2, 0.25) is 15.9 Å². The summed E-state index contributed by atoms with van der Waals surface area (Å²) < 4.78 is 47.9. The van der Waals surface area contributed by atoms with Crippen molar-refractivity contribution in [2.24, 2.45) is 11.8 Å². The van der Waals surface area contributed by atoms with Gasteiger partial charge in [-0.2, -0.15) is 0 Å². The number of hydrogen-bond donors (Lipinski definition) is 2. The van der Waals surface area contributed by atoms with Gasteiger partial charge < -0.3 is 9.64 Å². The van der Waals surface area contributed by atoms with E-state index in [1.165, 1.54) is 17.0 Å². The van der Waals surface area contributed by atoms with Crippen molar-refractivity contribution in [3.8, 4) is 5.75 Å². The highest BCUT2D eigenvalue weighted by Crippen LogP contribution is 2.31. The zero-order valence-electron chi connectivity index (χ0n) is 18.6. The average molecular weight is 470 g/mol. The van der Waals surface area contributed by atoms with Gasteiger partial charge in [-0.1, -0.05) is 20.3 Å². The van der Waals surface area contributed by atoms with E-state index in [0.717, 1.165) is 12.8 Å². The number of nitrogens with one attached hydrogen (secondary N) is 2. The monoisotopic (exact) mass is 469 g/mol. The molecule has 10 heteroatoms. The van der Waals surface area contributed by atoms with Crippen LogP contribution >= 0.6 is 0 Å². The molecule has 3 amide bonds. The Morgan fingerprint density at radius 3 is 2.56 bits per heavy atom. The molecule has 0 aromatic heterocycles. The number of nitrogens with zero attached hydrogens (tertiary/aromatic N) is 1. The minimum atomic E-state index is -3.59. The van der Waals surface area contributed by atoms with Gasteiger partial charge in [0.05, 0.1) is 12.4 Å². The van der Waals surface area contributed by atoms with Crippen LogP contribution in [0.25, 0.3) is 0 Å². The molecule has 0 spiro atoms. The highest BCUT2D eigenvalue weighted by Gasteiger charge is 2.27. The SMILES string of the molecule is CC(C)C(NS(=O)(=O)CCCCCN1CC(=O)NC1=O)c1cc(F)cc(OCC2CC2)c1. The number of imide groups is 1. The van der Waals surface area contributed by atoms with E-state index in [9.17, 15) is 22.4 Å². The molecule has 1 aromatic carbocycles. The minimum absolute atomic E-state index is 0.0503. The van der Waals surface area contributed by atoms with Gasteiger partial charge in [0.1, 0.15) is 18.1 Å². The molecule has 3 rings (SSSR count). The summed E-state index contributed by atoms with van der Waals surface area (Å²) in [4.78, 5) is 24.1. The summed E-state index contributed by atoms with van der Waals surface area (Å²) in [6, 6.07) is 3.41. The summed E-state index contributed by atoms with van der Waals surface area (Å²) in [6.45, 7) is 4.77. The van der Waals surface area contributed by atoms with Gasteiger partial charge in [-0.25, -0.2) is 22.3 Å². The number of carbonyl (C=O) groups excluding carboxylic acids is 2. The number of hydrogen-bond acceptors (Lipinski definition) is 5. The molecule has 1 atom stereocenters. The first-order chi connectivity index (χ1) is 15.1. The summed E-state index contributed by atoms with van der Waals surface area (Å²) >= 11 is 0. The Hall–Kier alpha value is -2.20. The lowest BCUT2D eigenvalue weighted by molar-refractivity contribution is -0.118. The van der Waals surface area contributed by atoms with Gasteiger partial charge in [-0.05, 0) is 55.2 Å². The number of halogens is 1. The Balaban J connectivity index is 1.51. The predicted molar refractivity (Wildman–Crippen MR) is 118 cm³/mol. The van der Waals surface area contributed by atoms with Crippen molar-refractivity contribution in [3.05, 3.63) is 29.6 Å². The number of benzene rings is 1. The fraction of sp³-hybridized carbons (Fsp3) is 0.636. The summed E-state index contributed by atoms with van der Waals surface area (Å²) in [5, 5.41) is 2.21. The highest BCUT2D eigenvalue weighted by molar-refractivity contribution is 7.89. The van der Waals surface area contributed by atoms with E-state index in [1.54, 1.807) is 6.07 Å². The van der Waals surface area contributed by atoms with Crippen molar-refractivity contribution < 1.29 is 27.1 Å². The first-order valence-corrected chi connectivity index (χ1v) is 12.8. The lowest BCUT2D eigenvalue weighted by Crippen LogP contribution is -2.33. The first-order valence-electron chi connectivity index (χ1n) is 11.1. The van der Waals surface area contributed by atoms with Gasteiger partial charge in [0.15, 0.2) is 0 Å². The van der Waals surface area contributed by atoms with Gasteiger partial charge in [0.25, 0.3) is 0 Å². The molecule has 2 N–H and O–H groups in total. The molecule has 1 saturated carbocycles. The largest absolute Gasteiger partial charge is 0.493 e. The van der Waals surface area contributed by atoms with Crippen molar-refractivity contribution in [3.63, 3.8) is 0 Å². The minimum Gasteiger partial charge on any atom is -0.493 e. The molecule has 8 nitrogen and oxygen atoms in total. The van der Waals surface area contributed by atoms with Crippen molar-refractivity contribution in [1.29, 1.82) is 0 Å². The second kappa shape index (κ2) is 10.6. The number of urea groups is 1. The third-order valence-electron chi connectivity index (χ3n) is 5.62. The van der Waals surface area contributed by atoms with Crippen molar-refractivity contribution in [2.75, 3.05) is 25.4 Å². The standard InChI is InChI=1S/C22H32FN3O5S/c1-15(2)21(17-10-18(23)12-19(11-17)31-14-16-6-7-16)25-32(29,30)9-5-3-4-8-26-13-20(27)24-22(26)28/h10-12,15-16,21,25H,3-9,13-14H2,1-2H3,(H,24,27,28). The van der Waals surface area contributed by atoms with Crippen LogP contribution in [0.2, 0.25) is 0 Å². The molecule has 1 heterocycles. The van der Waals surface area contributed by atoms with E-state index in [4.69, 9.17) is 4.74 Å². The Labute approximate surface area is 188 Å². The van der Waals surface area contributed by atoms with E-state index in [-0.39, 0.29) is 24.1 Å². The second-order valence-electron chi connectivity index (χ2n) is 8.97. The molecule has 2 aliphatic rings. The van der Waals surface area contributed by atoms with E-state index in [0.29, 0.717) is 49.6 Å². The van der Waals surface area contributed by atoms with Crippen LogP contribution in [0, 0.1) is 17.7 Å². The number of carbonyl (C=O) groups is 2. The Kier molecular flexibility index (Phi) is 8.10. The molecule has 0 radical (unpaired) electrons. The lowest BCUT2D eigenvalue weighted by Gasteiger charge is -2.23. The van der Waals surface area contributed by atoms with Crippen LogP contribution in [0.3, 0.4) is 0 Å². The highest BCUT2D eigenvalue weighted by atomic mass is 32.2. The van der Waals surface area contributed by atoms with Gasteiger partial charge >= 0.3 is 6.03 Å². The fourth-order valence-electron chi connectivity index (χ4n) is 3.62. The summed E-state index contributed by atoms with van der Waals surface area (Å²) in [7, 11) is -3.59. The van der Waals surface area contributed by atoms with E-state index >= 15 is 0 Å². The van der Waals surface area contributed by atoms with Crippen LogP contribution in [0.4, 0.5) is 9.18 Å². The van der Waals surface area contributed by atoms with Crippen LogP contribution < -0.4 is 14.8 Å².